The smallest absolute Gasteiger partial charge is 0.313 e. The number of nitro groups is 1. The topological polar surface area (TPSA) is 81.0 Å². The zero-order valence-corrected chi connectivity index (χ0v) is 10.7. The standard InChI is InChI=1S/C12H9F3N4O2/c1-2-16-12-17-5-9(19(20)21)11(18-12)6-3-7(13)10(15)8(14)4-6/h3-5H,2H2,1H3,(H,16,17,18). The average molecular weight is 298 g/mol. The Balaban J connectivity index is 2.65. The second kappa shape index (κ2) is 5.73. The van der Waals surface area contributed by atoms with E-state index < -0.39 is 28.1 Å². The summed E-state index contributed by atoms with van der Waals surface area (Å²) >= 11 is 0. The second-order valence-electron chi connectivity index (χ2n) is 3.97. The highest BCUT2D eigenvalue weighted by Gasteiger charge is 2.21. The molecule has 0 aliphatic heterocycles. The van der Waals surface area contributed by atoms with Crippen LogP contribution in [0.1, 0.15) is 6.92 Å². The van der Waals surface area contributed by atoms with Gasteiger partial charge in [-0.25, -0.2) is 23.1 Å². The molecule has 21 heavy (non-hydrogen) atoms. The molecule has 0 bridgehead atoms. The second-order valence-corrected chi connectivity index (χ2v) is 3.97. The van der Waals surface area contributed by atoms with Crippen molar-refractivity contribution in [3.05, 3.63) is 45.9 Å². The molecule has 9 heteroatoms. The molecule has 0 atom stereocenters. The minimum atomic E-state index is -1.65. The van der Waals surface area contributed by atoms with Crippen LogP contribution in [0.25, 0.3) is 11.3 Å². The Hall–Kier alpha value is -2.71. The normalized spacial score (nSPS) is 10.5. The quantitative estimate of drug-likeness (QED) is 0.533. The van der Waals surface area contributed by atoms with Gasteiger partial charge in [-0.15, -0.1) is 0 Å². The summed E-state index contributed by atoms with van der Waals surface area (Å²) in [6, 6.07) is 1.28. The van der Waals surface area contributed by atoms with Crippen LogP contribution in [0.15, 0.2) is 18.3 Å². The molecule has 110 valence electrons. The van der Waals surface area contributed by atoms with Gasteiger partial charge in [-0.1, -0.05) is 0 Å². The van der Waals surface area contributed by atoms with Crippen LogP contribution in [-0.2, 0) is 0 Å². The first-order valence-electron chi connectivity index (χ1n) is 5.84. The van der Waals surface area contributed by atoms with E-state index in [0.29, 0.717) is 18.7 Å². The molecule has 6 nitrogen and oxygen atoms in total. The van der Waals surface area contributed by atoms with Crippen molar-refractivity contribution in [3.8, 4) is 11.3 Å². The fourth-order valence-electron chi connectivity index (χ4n) is 1.66. The van der Waals surface area contributed by atoms with Crippen LogP contribution in [0.3, 0.4) is 0 Å². The van der Waals surface area contributed by atoms with Gasteiger partial charge in [0.2, 0.25) is 5.95 Å². The van der Waals surface area contributed by atoms with Crippen molar-refractivity contribution in [3.63, 3.8) is 0 Å². The predicted octanol–water partition coefficient (Wildman–Crippen LogP) is 2.90. The van der Waals surface area contributed by atoms with E-state index in [1.807, 2.05) is 0 Å². The molecule has 0 saturated carbocycles. The molecule has 2 rings (SSSR count). The minimum absolute atomic E-state index is 0.0586. The monoisotopic (exact) mass is 298 g/mol. The number of aromatic nitrogens is 2. The highest BCUT2D eigenvalue weighted by Crippen LogP contribution is 2.30. The molecular formula is C12H9F3N4O2. The van der Waals surface area contributed by atoms with E-state index >= 15 is 0 Å². The maximum absolute atomic E-state index is 13.3. The van der Waals surface area contributed by atoms with Gasteiger partial charge >= 0.3 is 5.69 Å². The molecule has 0 spiro atoms. The van der Waals surface area contributed by atoms with Gasteiger partial charge in [-0.2, -0.15) is 0 Å². The molecule has 0 unspecified atom stereocenters. The van der Waals surface area contributed by atoms with E-state index in [1.165, 1.54) is 0 Å². The molecule has 0 amide bonds. The number of hydrogen-bond acceptors (Lipinski definition) is 5. The van der Waals surface area contributed by atoms with Gasteiger partial charge < -0.3 is 5.32 Å². The molecular weight excluding hydrogens is 289 g/mol. The summed E-state index contributed by atoms with van der Waals surface area (Å²) in [6.07, 6.45) is 0.916. The largest absolute Gasteiger partial charge is 0.354 e. The Morgan fingerprint density at radius 2 is 1.90 bits per heavy atom. The summed E-state index contributed by atoms with van der Waals surface area (Å²) in [4.78, 5) is 17.7. The van der Waals surface area contributed by atoms with Crippen LogP contribution in [0.2, 0.25) is 0 Å². The van der Waals surface area contributed by atoms with E-state index in [4.69, 9.17) is 0 Å². The molecule has 1 aromatic carbocycles. The van der Waals surface area contributed by atoms with E-state index in [2.05, 4.69) is 15.3 Å². The Morgan fingerprint density at radius 3 is 2.43 bits per heavy atom. The lowest BCUT2D eigenvalue weighted by molar-refractivity contribution is -0.384. The van der Waals surface area contributed by atoms with Crippen molar-refractivity contribution >= 4 is 11.6 Å². The van der Waals surface area contributed by atoms with Crippen molar-refractivity contribution < 1.29 is 18.1 Å². The first kappa shape index (κ1) is 14.7. The van der Waals surface area contributed by atoms with Crippen LogP contribution < -0.4 is 5.32 Å². The Bertz CT molecular complexity index is 686. The molecule has 0 aliphatic carbocycles. The van der Waals surface area contributed by atoms with Crippen molar-refractivity contribution in [1.82, 2.24) is 9.97 Å². The molecule has 1 aromatic heterocycles. The lowest BCUT2D eigenvalue weighted by atomic mass is 10.1. The van der Waals surface area contributed by atoms with Gasteiger partial charge in [0.05, 0.1) is 4.92 Å². The number of rotatable bonds is 4. The Labute approximate surface area is 116 Å². The van der Waals surface area contributed by atoms with Gasteiger partial charge in [-0.3, -0.25) is 10.1 Å². The molecule has 2 aromatic rings. The minimum Gasteiger partial charge on any atom is -0.354 e. The number of hydrogen-bond donors (Lipinski definition) is 1. The van der Waals surface area contributed by atoms with Gasteiger partial charge in [0.25, 0.3) is 0 Å². The van der Waals surface area contributed by atoms with Gasteiger partial charge in [0, 0.05) is 12.1 Å². The van der Waals surface area contributed by atoms with Gasteiger partial charge in [0.15, 0.2) is 23.1 Å². The SMILES string of the molecule is CCNc1ncc([N+](=O)[O-])c(-c2cc(F)c(F)c(F)c2)n1. The number of halogens is 3. The lowest BCUT2D eigenvalue weighted by Gasteiger charge is -2.06. The molecule has 0 fully saturated rings. The number of nitrogens with zero attached hydrogens (tertiary/aromatic N) is 3. The maximum atomic E-state index is 13.3. The van der Waals surface area contributed by atoms with Crippen molar-refractivity contribution in [2.45, 2.75) is 6.92 Å². The van der Waals surface area contributed by atoms with Crippen molar-refractivity contribution in [2.75, 3.05) is 11.9 Å². The van der Waals surface area contributed by atoms with E-state index in [0.717, 1.165) is 6.20 Å². The third-order valence-corrected chi connectivity index (χ3v) is 2.56. The highest BCUT2D eigenvalue weighted by molar-refractivity contribution is 5.70. The third kappa shape index (κ3) is 2.91. The van der Waals surface area contributed by atoms with E-state index in [1.54, 1.807) is 6.92 Å². The van der Waals surface area contributed by atoms with Crippen molar-refractivity contribution in [1.29, 1.82) is 0 Å². The summed E-state index contributed by atoms with van der Waals surface area (Å²) < 4.78 is 39.5. The molecule has 0 radical (unpaired) electrons. The van der Waals surface area contributed by atoms with Crippen LogP contribution in [0.4, 0.5) is 24.8 Å². The number of anilines is 1. The van der Waals surface area contributed by atoms with E-state index in [-0.39, 0.29) is 17.2 Å². The number of benzene rings is 1. The molecule has 0 aliphatic rings. The van der Waals surface area contributed by atoms with Crippen LogP contribution in [-0.4, -0.2) is 21.4 Å². The molecule has 0 saturated heterocycles. The number of nitrogens with one attached hydrogen (secondary N) is 1. The van der Waals surface area contributed by atoms with Gasteiger partial charge in [0.1, 0.15) is 6.20 Å². The van der Waals surface area contributed by atoms with E-state index in [9.17, 15) is 23.3 Å². The van der Waals surface area contributed by atoms with Crippen LogP contribution in [0, 0.1) is 27.6 Å². The highest BCUT2D eigenvalue weighted by atomic mass is 19.2. The fourth-order valence-corrected chi connectivity index (χ4v) is 1.66. The first-order chi connectivity index (χ1) is 9.93. The summed E-state index contributed by atoms with van der Waals surface area (Å²) in [5, 5.41) is 13.7. The zero-order valence-electron chi connectivity index (χ0n) is 10.7. The first-order valence-corrected chi connectivity index (χ1v) is 5.84. The third-order valence-electron chi connectivity index (χ3n) is 2.56. The summed E-state index contributed by atoms with van der Waals surface area (Å²) in [5.41, 5.74) is -1.09. The summed E-state index contributed by atoms with van der Waals surface area (Å²) in [7, 11) is 0. The van der Waals surface area contributed by atoms with Crippen molar-refractivity contribution in [2.24, 2.45) is 0 Å². The van der Waals surface area contributed by atoms with Crippen LogP contribution >= 0.6 is 0 Å². The van der Waals surface area contributed by atoms with Crippen LogP contribution in [0.5, 0.6) is 0 Å². The fraction of sp³-hybridized carbons (Fsp3) is 0.167. The Kier molecular flexibility index (Phi) is 4.01. The van der Waals surface area contributed by atoms with Gasteiger partial charge in [-0.05, 0) is 19.1 Å². The maximum Gasteiger partial charge on any atom is 0.313 e. The molecule has 1 heterocycles. The predicted molar refractivity (Wildman–Crippen MR) is 68.2 cm³/mol. The summed E-state index contributed by atoms with van der Waals surface area (Å²) in [5.74, 6) is -4.50. The Morgan fingerprint density at radius 1 is 1.29 bits per heavy atom. The lowest BCUT2D eigenvalue weighted by Crippen LogP contribution is -2.05. The average Bonchev–Trinajstić information content (AvgIpc) is 2.44. The zero-order chi connectivity index (χ0) is 15.6. The molecule has 1 N–H and O–H groups in total. The summed E-state index contributed by atoms with van der Waals surface area (Å²) in [6.45, 7) is 2.20.